The minimum Gasteiger partial charge on any atom is -0.492 e. The van der Waals surface area contributed by atoms with E-state index in [2.05, 4.69) is 59.7 Å². The van der Waals surface area contributed by atoms with Crippen molar-refractivity contribution < 1.29 is 4.74 Å². The average molecular weight is 395 g/mol. The number of aliphatic imine (C=N–C) groups is 1. The first kappa shape index (κ1) is 23.6. The van der Waals surface area contributed by atoms with Gasteiger partial charge >= 0.3 is 0 Å². The summed E-state index contributed by atoms with van der Waals surface area (Å²) in [6, 6.07) is 8.27. The number of hydrogen-bond donors (Lipinski definition) is 2. The zero-order chi connectivity index (χ0) is 19.7. The number of hydrogen-bond acceptors (Lipinski definition) is 4. The maximum absolute atomic E-state index is 5.84. The normalized spacial score (nSPS) is 11.7. The summed E-state index contributed by atoms with van der Waals surface area (Å²) in [4.78, 5) is 7.04. The quantitative estimate of drug-likeness (QED) is 0.287. The third-order valence-electron chi connectivity index (χ3n) is 4.33. The Hall–Kier alpha value is -1.40. The molecule has 0 radical (unpaired) electrons. The molecule has 0 heterocycles. The number of ether oxygens (including phenoxy) is 1. The molecule has 1 aromatic carbocycles. The lowest BCUT2D eigenvalue weighted by Gasteiger charge is -2.18. The lowest BCUT2D eigenvalue weighted by atomic mass is 10.2. The topological polar surface area (TPSA) is 48.9 Å². The number of guanidine groups is 1. The third kappa shape index (κ3) is 11.1. The Kier molecular flexibility index (Phi) is 13.7. The summed E-state index contributed by atoms with van der Waals surface area (Å²) in [6.07, 6.45) is 4.56. The van der Waals surface area contributed by atoms with Crippen molar-refractivity contribution in [3.05, 3.63) is 29.8 Å². The van der Waals surface area contributed by atoms with E-state index < -0.39 is 0 Å². The summed E-state index contributed by atoms with van der Waals surface area (Å²) >= 11 is 1.90. The zero-order valence-corrected chi connectivity index (χ0v) is 18.4. The predicted molar refractivity (Wildman–Crippen MR) is 120 cm³/mol. The van der Waals surface area contributed by atoms with Gasteiger partial charge < -0.3 is 20.3 Å². The van der Waals surface area contributed by atoms with E-state index in [-0.39, 0.29) is 0 Å². The number of likely N-dealkylation sites (N-methyl/N-ethyl adjacent to an activating group) is 1. The van der Waals surface area contributed by atoms with Crippen LogP contribution in [0.4, 0.5) is 0 Å². The van der Waals surface area contributed by atoms with Crippen LogP contribution in [0.3, 0.4) is 0 Å². The molecule has 0 saturated heterocycles. The SMILES string of the molecule is CCNC(=NCc1ccc(OCCN(CC)CC)cc1)NCCCCSC. The van der Waals surface area contributed by atoms with E-state index in [0.717, 1.165) is 51.0 Å². The monoisotopic (exact) mass is 394 g/mol. The molecule has 0 spiro atoms. The second-order valence-corrected chi connectivity index (χ2v) is 7.33. The first-order valence-corrected chi connectivity index (χ1v) is 11.6. The van der Waals surface area contributed by atoms with Crippen LogP contribution in [0.5, 0.6) is 5.75 Å². The fourth-order valence-corrected chi connectivity index (χ4v) is 3.11. The van der Waals surface area contributed by atoms with Gasteiger partial charge in [-0.15, -0.1) is 0 Å². The molecule has 0 aliphatic heterocycles. The van der Waals surface area contributed by atoms with Crippen molar-refractivity contribution in [2.75, 3.05) is 51.3 Å². The van der Waals surface area contributed by atoms with Crippen LogP contribution in [0.25, 0.3) is 0 Å². The Morgan fingerprint density at radius 3 is 2.44 bits per heavy atom. The molecule has 0 atom stereocenters. The zero-order valence-electron chi connectivity index (χ0n) is 17.6. The Balaban J connectivity index is 2.40. The van der Waals surface area contributed by atoms with Gasteiger partial charge in [-0.2, -0.15) is 11.8 Å². The van der Waals surface area contributed by atoms with E-state index in [4.69, 9.17) is 4.74 Å². The lowest BCUT2D eigenvalue weighted by Crippen LogP contribution is -2.37. The summed E-state index contributed by atoms with van der Waals surface area (Å²) in [5, 5.41) is 6.72. The molecule has 0 unspecified atom stereocenters. The highest BCUT2D eigenvalue weighted by molar-refractivity contribution is 7.98. The number of nitrogens with one attached hydrogen (secondary N) is 2. The number of rotatable bonds is 14. The van der Waals surface area contributed by atoms with Crippen LogP contribution in [0.1, 0.15) is 39.2 Å². The van der Waals surface area contributed by atoms with Gasteiger partial charge in [0.05, 0.1) is 6.54 Å². The molecule has 0 bridgehead atoms. The average Bonchev–Trinajstić information content (AvgIpc) is 2.70. The first-order valence-electron chi connectivity index (χ1n) is 10.2. The molecule has 154 valence electrons. The summed E-state index contributed by atoms with van der Waals surface area (Å²) in [6.45, 7) is 12.8. The molecule has 0 aliphatic rings. The molecule has 27 heavy (non-hydrogen) atoms. The number of unbranched alkanes of at least 4 members (excludes halogenated alkanes) is 1. The van der Waals surface area contributed by atoms with Crippen LogP contribution in [0.15, 0.2) is 29.3 Å². The van der Waals surface area contributed by atoms with Crippen molar-refractivity contribution in [2.45, 2.75) is 40.2 Å². The molecular formula is C21H38N4OS. The van der Waals surface area contributed by atoms with Crippen molar-refractivity contribution in [3.8, 4) is 5.75 Å². The third-order valence-corrected chi connectivity index (χ3v) is 5.02. The Morgan fingerprint density at radius 2 is 1.81 bits per heavy atom. The van der Waals surface area contributed by atoms with Crippen molar-refractivity contribution in [2.24, 2.45) is 4.99 Å². The largest absolute Gasteiger partial charge is 0.492 e. The highest BCUT2D eigenvalue weighted by atomic mass is 32.2. The molecule has 2 N–H and O–H groups in total. The van der Waals surface area contributed by atoms with Gasteiger partial charge in [0.25, 0.3) is 0 Å². The molecule has 0 saturated carbocycles. The van der Waals surface area contributed by atoms with E-state index in [1.807, 2.05) is 23.9 Å². The number of nitrogens with zero attached hydrogens (tertiary/aromatic N) is 2. The maximum atomic E-state index is 5.84. The fourth-order valence-electron chi connectivity index (χ4n) is 2.61. The van der Waals surface area contributed by atoms with Gasteiger partial charge in [0, 0.05) is 19.6 Å². The molecule has 6 heteroatoms. The van der Waals surface area contributed by atoms with Crippen molar-refractivity contribution in [1.82, 2.24) is 15.5 Å². The smallest absolute Gasteiger partial charge is 0.191 e. The number of benzene rings is 1. The highest BCUT2D eigenvalue weighted by Crippen LogP contribution is 2.13. The van der Waals surface area contributed by atoms with Gasteiger partial charge in [-0.1, -0.05) is 26.0 Å². The van der Waals surface area contributed by atoms with E-state index in [0.29, 0.717) is 6.54 Å². The van der Waals surface area contributed by atoms with Gasteiger partial charge in [0.15, 0.2) is 5.96 Å². The molecule has 5 nitrogen and oxygen atoms in total. The molecular weight excluding hydrogens is 356 g/mol. The van der Waals surface area contributed by atoms with Crippen LogP contribution < -0.4 is 15.4 Å². The predicted octanol–water partition coefficient (Wildman–Crippen LogP) is 3.61. The molecule has 0 aliphatic carbocycles. The molecule has 0 fully saturated rings. The van der Waals surface area contributed by atoms with Crippen LogP contribution in [-0.4, -0.2) is 62.2 Å². The minimum atomic E-state index is 0.667. The Bertz CT molecular complexity index is 503. The second kappa shape index (κ2) is 15.6. The van der Waals surface area contributed by atoms with E-state index in [9.17, 15) is 0 Å². The van der Waals surface area contributed by atoms with E-state index in [1.54, 1.807) is 0 Å². The van der Waals surface area contributed by atoms with Crippen molar-refractivity contribution in [1.29, 1.82) is 0 Å². The minimum absolute atomic E-state index is 0.667. The molecule has 0 aromatic heterocycles. The first-order chi connectivity index (χ1) is 13.2. The van der Waals surface area contributed by atoms with Gasteiger partial charge in [-0.25, -0.2) is 4.99 Å². The Morgan fingerprint density at radius 1 is 1.07 bits per heavy atom. The van der Waals surface area contributed by atoms with Crippen LogP contribution in [0, 0.1) is 0 Å². The van der Waals surface area contributed by atoms with Crippen molar-refractivity contribution >= 4 is 17.7 Å². The summed E-state index contributed by atoms with van der Waals surface area (Å²) < 4.78 is 5.84. The van der Waals surface area contributed by atoms with Crippen LogP contribution >= 0.6 is 11.8 Å². The van der Waals surface area contributed by atoms with E-state index in [1.165, 1.54) is 24.2 Å². The standard InChI is InChI=1S/C21H38N4OS/c1-5-22-21(23-14-8-9-17-27-4)24-18-19-10-12-20(13-11-19)26-16-15-25(6-2)7-3/h10-13H,5-9,14-18H2,1-4H3,(H2,22,23,24). The summed E-state index contributed by atoms with van der Waals surface area (Å²) in [5.41, 5.74) is 1.19. The van der Waals surface area contributed by atoms with E-state index >= 15 is 0 Å². The fraction of sp³-hybridized carbons (Fsp3) is 0.667. The molecule has 1 aromatic rings. The van der Waals surface area contributed by atoms with Gasteiger partial charge in [-0.05, 0) is 62.6 Å². The number of thioether (sulfide) groups is 1. The lowest BCUT2D eigenvalue weighted by molar-refractivity contribution is 0.223. The highest BCUT2D eigenvalue weighted by Gasteiger charge is 2.01. The van der Waals surface area contributed by atoms with Crippen molar-refractivity contribution in [3.63, 3.8) is 0 Å². The van der Waals surface area contributed by atoms with Gasteiger partial charge in [0.2, 0.25) is 0 Å². The molecule has 1 rings (SSSR count). The maximum Gasteiger partial charge on any atom is 0.191 e. The van der Waals surface area contributed by atoms with Crippen LogP contribution in [-0.2, 0) is 6.54 Å². The molecule has 0 amide bonds. The summed E-state index contributed by atoms with van der Waals surface area (Å²) in [7, 11) is 0. The second-order valence-electron chi connectivity index (χ2n) is 6.34. The van der Waals surface area contributed by atoms with Crippen LogP contribution in [0.2, 0.25) is 0 Å². The Labute approximate surface area is 170 Å². The van der Waals surface area contributed by atoms with Gasteiger partial charge in [-0.3, -0.25) is 0 Å². The van der Waals surface area contributed by atoms with Gasteiger partial charge in [0.1, 0.15) is 12.4 Å². The summed E-state index contributed by atoms with van der Waals surface area (Å²) in [5.74, 6) is 3.04.